The Bertz CT molecular complexity index is 1120. The third-order valence-corrected chi connectivity index (χ3v) is 4.98. The molecule has 1 N–H and O–H groups in total. The van der Waals surface area contributed by atoms with E-state index in [1.165, 1.54) is 20.3 Å². The molecule has 0 saturated carbocycles. The summed E-state index contributed by atoms with van der Waals surface area (Å²) in [6, 6.07) is 9.24. The highest BCUT2D eigenvalue weighted by Gasteiger charge is 2.35. The Morgan fingerprint density at radius 1 is 1.17 bits per heavy atom. The Morgan fingerprint density at radius 3 is 2.43 bits per heavy atom. The number of carbonyl (C=O) groups excluding carboxylic acids is 2. The molecule has 2 amide bonds. The maximum atomic E-state index is 13.1. The van der Waals surface area contributed by atoms with Crippen LogP contribution in [0.4, 0.5) is 11.4 Å². The van der Waals surface area contributed by atoms with Crippen LogP contribution in [0.3, 0.4) is 0 Å². The first kappa shape index (κ1) is 21.4. The maximum Gasteiger partial charge on any atom is 0.280 e. The summed E-state index contributed by atoms with van der Waals surface area (Å²) in [6.45, 7) is 0. The Morgan fingerprint density at radius 2 is 1.83 bits per heavy atom. The molecule has 1 aliphatic rings. The summed E-state index contributed by atoms with van der Waals surface area (Å²) in [5, 5.41) is 13.9. The van der Waals surface area contributed by atoms with Gasteiger partial charge in [0.15, 0.2) is 16.6 Å². The predicted molar refractivity (Wildman–Crippen MR) is 117 cm³/mol. The van der Waals surface area contributed by atoms with Gasteiger partial charge in [0.05, 0.1) is 36.5 Å². The van der Waals surface area contributed by atoms with Gasteiger partial charge in [0.2, 0.25) is 0 Å². The Balaban J connectivity index is 2.14. The Hall–Kier alpha value is -3.31. The highest BCUT2D eigenvalue weighted by Crippen LogP contribution is 2.36. The second-order valence-corrected chi connectivity index (χ2v) is 7.26. The van der Waals surface area contributed by atoms with Gasteiger partial charge in [-0.2, -0.15) is 0 Å². The summed E-state index contributed by atoms with van der Waals surface area (Å²) < 4.78 is 11.0. The number of nitrogens with zero attached hydrogens (tertiary/aromatic N) is 2. The van der Waals surface area contributed by atoms with Gasteiger partial charge in [0.25, 0.3) is 17.5 Å². The van der Waals surface area contributed by atoms with E-state index in [9.17, 15) is 19.7 Å². The maximum absolute atomic E-state index is 13.1. The van der Waals surface area contributed by atoms with Crippen molar-refractivity contribution in [3.05, 3.63) is 62.1 Å². The first-order valence-corrected chi connectivity index (χ1v) is 9.54. The molecule has 1 fully saturated rings. The zero-order chi connectivity index (χ0) is 22.0. The molecular weight excluding hydrogens is 478 g/mol. The monoisotopic (exact) mass is 491 g/mol. The summed E-state index contributed by atoms with van der Waals surface area (Å²) in [4.78, 5) is 37.6. The van der Waals surface area contributed by atoms with E-state index < -0.39 is 16.7 Å². The SMILES string of the molecule is COc1cc(/C=C2\C(=O)NC(=S)N(c3cccc(Br)c3)C2=O)c([N+](=O)[O-])cc1OC. The number of hydrogen-bond acceptors (Lipinski definition) is 7. The molecule has 0 unspecified atom stereocenters. The lowest BCUT2D eigenvalue weighted by Gasteiger charge is -2.29. The molecule has 2 aromatic rings. The zero-order valence-electron chi connectivity index (χ0n) is 15.7. The fourth-order valence-electron chi connectivity index (χ4n) is 2.82. The average molecular weight is 492 g/mol. The predicted octanol–water partition coefficient (Wildman–Crippen LogP) is 3.21. The van der Waals surface area contributed by atoms with Crippen LogP contribution < -0.4 is 19.7 Å². The minimum atomic E-state index is -0.764. The Labute approximate surface area is 184 Å². The molecule has 1 saturated heterocycles. The van der Waals surface area contributed by atoms with Crippen LogP contribution in [0.1, 0.15) is 5.56 Å². The molecule has 3 rings (SSSR count). The van der Waals surface area contributed by atoms with Gasteiger partial charge < -0.3 is 9.47 Å². The normalized spacial score (nSPS) is 15.2. The van der Waals surface area contributed by atoms with Crippen LogP contribution in [0.25, 0.3) is 6.08 Å². The van der Waals surface area contributed by atoms with Crippen molar-refractivity contribution in [1.82, 2.24) is 5.32 Å². The highest BCUT2D eigenvalue weighted by atomic mass is 79.9. The molecule has 0 aromatic heterocycles. The van der Waals surface area contributed by atoms with Crippen molar-refractivity contribution in [2.24, 2.45) is 0 Å². The van der Waals surface area contributed by atoms with E-state index in [1.807, 2.05) is 0 Å². The van der Waals surface area contributed by atoms with Crippen LogP contribution in [-0.4, -0.2) is 36.1 Å². The van der Waals surface area contributed by atoms with Gasteiger partial charge in [0, 0.05) is 4.47 Å². The molecule has 1 aliphatic heterocycles. The first-order chi connectivity index (χ1) is 14.3. The number of anilines is 1. The third kappa shape index (κ3) is 4.02. The summed E-state index contributed by atoms with van der Waals surface area (Å²) in [6.07, 6.45) is 1.13. The van der Waals surface area contributed by atoms with Crippen molar-refractivity contribution in [3.8, 4) is 11.5 Å². The number of carbonyl (C=O) groups is 2. The molecule has 0 radical (unpaired) electrons. The van der Waals surface area contributed by atoms with Crippen LogP contribution in [-0.2, 0) is 9.59 Å². The van der Waals surface area contributed by atoms with Gasteiger partial charge in [-0.25, -0.2) is 0 Å². The molecule has 2 aromatic carbocycles. The van der Waals surface area contributed by atoms with Crippen LogP contribution in [0.2, 0.25) is 0 Å². The molecule has 0 bridgehead atoms. The molecule has 0 atom stereocenters. The number of halogens is 1. The second-order valence-electron chi connectivity index (χ2n) is 5.96. The van der Waals surface area contributed by atoms with Crippen molar-refractivity contribution >= 4 is 62.5 Å². The molecule has 154 valence electrons. The minimum absolute atomic E-state index is 0.00170. The number of nitro groups is 1. The van der Waals surface area contributed by atoms with E-state index in [0.717, 1.165) is 17.0 Å². The number of rotatable bonds is 5. The number of thiocarbonyl (C=S) groups is 1. The van der Waals surface area contributed by atoms with Gasteiger partial charge in [-0.15, -0.1) is 0 Å². The fraction of sp³-hybridized carbons (Fsp3) is 0.105. The number of nitro benzene ring substituents is 1. The smallest absolute Gasteiger partial charge is 0.280 e. The number of methoxy groups -OCH3 is 2. The highest BCUT2D eigenvalue weighted by molar-refractivity contribution is 9.10. The van der Waals surface area contributed by atoms with E-state index >= 15 is 0 Å². The number of ether oxygens (including phenoxy) is 2. The third-order valence-electron chi connectivity index (χ3n) is 4.20. The molecule has 0 spiro atoms. The van der Waals surface area contributed by atoms with E-state index in [-0.39, 0.29) is 33.4 Å². The van der Waals surface area contributed by atoms with E-state index in [2.05, 4.69) is 21.2 Å². The lowest BCUT2D eigenvalue weighted by atomic mass is 10.0. The molecule has 1 heterocycles. The van der Waals surface area contributed by atoms with Crippen LogP contribution in [0, 0.1) is 10.1 Å². The van der Waals surface area contributed by atoms with Crippen LogP contribution in [0.15, 0.2) is 46.4 Å². The minimum Gasteiger partial charge on any atom is -0.493 e. The standard InChI is InChI=1S/C19H14BrN3O6S/c1-28-15-7-10(14(23(26)27)9-16(15)29-2)6-13-17(24)21-19(30)22(18(13)25)12-5-3-4-11(20)8-12/h3-9H,1-2H3,(H,21,24,30)/b13-6+. The van der Waals surface area contributed by atoms with E-state index in [0.29, 0.717) is 10.2 Å². The molecule has 0 aliphatic carbocycles. The summed E-state index contributed by atoms with van der Waals surface area (Å²) in [5.74, 6) is -1.13. The second kappa shape index (κ2) is 8.59. The zero-order valence-corrected chi connectivity index (χ0v) is 18.1. The van der Waals surface area contributed by atoms with Gasteiger partial charge in [-0.1, -0.05) is 22.0 Å². The summed E-state index contributed by atoms with van der Waals surface area (Å²) >= 11 is 8.47. The average Bonchev–Trinajstić information content (AvgIpc) is 2.70. The lowest BCUT2D eigenvalue weighted by molar-refractivity contribution is -0.385. The van der Waals surface area contributed by atoms with Gasteiger partial charge in [-0.05, 0) is 42.6 Å². The van der Waals surface area contributed by atoms with Crippen molar-refractivity contribution in [1.29, 1.82) is 0 Å². The number of hydrogen-bond donors (Lipinski definition) is 1. The first-order valence-electron chi connectivity index (χ1n) is 8.34. The quantitative estimate of drug-likeness (QED) is 0.224. The fourth-order valence-corrected chi connectivity index (χ4v) is 3.49. The van der Waals surface area contributed by atoms with Crippen molar-refractivity contribution < 1.29 is 24.0 Å². The Kier molecular flexibility index (Phi) is 6.13. The molecule has 9 nitrogen and oxygen atoms in total. The molecule has 11 heteroatoms. The van der Waals surface area contributed by atoms with Crippen molar-refractivity contribution in [2.45, 2.75) is 0 Å². The van der Waals surface area contributed by atoms with E-state index in [1.54, 1.807) is 24.3 Å². The number of amides is 2. The number of benzene rings is 2. The van der Waals surface area contributed by atoms with E-state index in [4.69, 9.17) is 21.7 Å². The van der Waals surface area contributed by atoms with Gasteiger partial charge in [0.1, 0.15) is 5.57 Å². The number of nitrogens with one attached hydrogen (secondary N) is 1. The van der Waals surface area contributed by atoms with Crippen molar-refractivity contribution in [2.75, 3.05) is 19.1 Å². The lowest BCUT2D eigenvalue weighted by Crippen LogP contribution is -2.54. The van der Waals surface area contributed by atoms with Gasteiger partial charge >= 0.3 is 0 Å². The topological polar surface area (TPSA) is 111 Å². The van der Waals surface area contributed by atoms with Gasteiger partial charge in [-0.3, -0.25) is 29.9 Å². The summed E-state index contributed by atoms with van der Waals surface area (Å²) in [7, 11) is 2.71. The van der Waals surface area contributed by atoms with Crippen LogP contribution in [0.5, 0.6) is 11.5 Å². The van der Waals surface area contributed by atoms with Crippen molar-refractivity contribution in [3.63, 3.8) is 0 Å². The summed E-state index contributed by atoms with van der Waals surface area (Å²) in [5.41, 5.74) is -0.257. The molecule has 30 heavy (non-hydrogen) atoms. The largest absolute Gasteiger partial charge is 0.493 e. The molecular formula is C19H14BrN3O6S. The van der Waals surface area contributed by atoms with Crippen LogP contribution >= 0.6 is 28.1 Å².